The number of halogens is 1. The van der Waals surface area contributed by atoms with Crippen LogP contribution in [0.5, 0.6) is 0 Å². The van der Waals surface area contributed by atoms with E-state index in [0.29, 0.717) is 0 Å². The Morgan fingerprint density at radius 1 is 1.22 bits per heavy atom. The van der Waals surface area contributed by atoms with Crippen LogP contribution in [0, 0.1) is 5.82 Å². The third-order valence-corrected chi connectivity index (χ3v) is 4.17. The van der Waals surface area contributed by atoms with Crippen LogP contribution in [0.3, 0.4) is 0 Å². The zero-order valence-electron chi connectivity index (χ0n) is 10.7. The molecule has 0 aliphatic heterocycles. The average molecular weight is 263 g/mol. The molecule has 18 heavy (non-hydrogen) atoms. The highest BCUT2D eigenvalue weighted by atomic mass is 32.1. The maximum absolute atomic E-state index is 13.8. The summed E-state index contributed by atoms with van der Waals surface area (Å²) in [6.07, 6.45) is 0.872. The summed E-state index contributed by atoms with van der Waals surface area (Å²) in [4.78, 5) is 1.28. The van der Waals surface area contributed by atoms with Crippen molar-refractivity contribution in [3.8, 4) is 0 Å². The van der Waals surface area contributed by atoms with Crippen LogP contribution in [0.1, 0.15) is 42.8 Å². The summed E-state index contributed by atoms with van der Waals surface area (Å²) < 4.78 is 13.8. The molecule has 0 spiro atoms. The average Bonchev–Trinajstić information content (AvgIpc) is 2.90. The van der Waals surface area contributed by atoms with Gasteiger partial charge in [0.1, 0.15) is 5.82 Å². The highest BCUT2D eigenvalue weighted by molar-refractivity contribution is 7.10. The third-order valence-electron chi connectivity index (χ3n) is 3.11. The zero-order valence-corrected chi connectivity index (χ0v) is 11.5. The van der Waals surface area contributed by atoms with Crippen molar-refractivity contribution in [3.05, 3.63) is 58.0 Å². The molecular weight excluding hydrogens is 245 g/mol. The lowest BCUT2D eigenvalue weighted by molar-refractivity contribution is 0.443. The van der Waals surface area contributed by atoms with E-state index in [2.05, 4.69) is 30.6 Å². The molecule has 2 atom stereocenters. The van der Waals surface area contributed by atoms with Gasteiger partial charge in [-0.2, -0.15) is 0 Å². The van der Waals surface area contributed by atoms with E-state index in [1.54, 1.807) is 17.4 Å². The normalized spacial score (nSPS) is 14.4. The Bertz CT molecular complexity index is 481. The summed E-state index contributed by atoms with van der Waals surface area (Å²) >= 11 is 1.73. The summed E-state index contributed by atoms with van der Waals surface area (Å²) in [5.74, 6) is -0.129. The molecule has 1 aromatic carbocycles. The molecule has 3 heteroatoms. The first-order chi connectivity index (χ1) is 8.72. The first kappa shape index (κ1) is 13.2. The Morgan fingerprint density at radius 3 is 2.61 bits per heavy atom. The van der Waals surface area contributed by atoms with E-state index in [-0.39, 0.29) is 17.9 Å². The molecule has 2 rings (SSSR count). The van der Waals surface area contributed by atoms with Gasteiger partial charge in [0.2, 0.25) is 0 Å². The molecule has 0 aliphatic rings. The molecule has 0 aliphatic carbocycles. The SMILES string of the molecule is CCC(N[C@H](C)c1cccs1)c1ccccc1F. The van der Waals surface area contributed by atoms with Crippen LogP contribution < -0.4 is 5.32 Å². The number of hydrogen-bond donors (Lipinski definition) is 1. The molecule has 1 unspecified atom stereocenters. The van der Waals surface area contributed by atoms with Gasteiger partial charge >= 0.3 is 0 Å². The van der Waals surface area contributed by atoms with Gasteiger partial charge in [-0.15, -0.1) is 11.3 Å². The van der Waals surface area contributed by atoms with Gasteiger partial charge in [-0.25, -0.2) is 4.39 Å². The highest BCUT2D eigenvalue weighted by Gasteiger charge is 2.16. The van der Waals surface area contributed by atoms with Gasteiger partial charge < -0.3 is 5.32 Å². The molecule has 0 amide bonds. The minimum Gasteiger partial charge on any atom is -0.302 e. The predicted octanol–water partition coefficient (Wildman–Crippen LogP) is 4.69. The summed E-state index contributed by atoms with van der Waals surface area (Å²) in [5, 5.41) is 5.56. The fourth-order valence-corrected chi connectivity index (χ4v) is 2.85. The number of thiophene rings is 1. The van der Waals surface area contributed by atoms with Crippen LogP contribution in [0.25, 0.3) is 0 Å². The van der Waals surface area contributed by atoms with E-state index in [1.165, 1.54) is 10.9 Å². The molecule has 1 nitrogen and oxygen atoms in total. The highest BCUT2D eigenvalue weighted by Crippen LogP contribution is 2.25. The van der Waals surface area contributed by atoms with Crippen LogP contribution in [-0.2, 0) is 0 Å². The van der Waals surface area contributed by atoms with Crippen LogP contribution in [0.15, 0.2) is 41.8 Å². The minimum atomic E-state index is -0.129. The monoisotopic (exact) mass is 263 g/mol. The lowest BCUT2D eigenvalue weighted by atomic mass is 10.0. The predicted molar refractivity (Wildman–Crippen MR) is 75.3 cm³/mol. The second kappa shape index (κ2) is 6.12. The quantitative estimate of drug-likeness (QED) is 0.825. The Hall–Kier alpha value is -1.19. The van der Waals surface area contributed by atoms with Gasteiger partial charge in [-0.3, -0.25) is 0 Å². The standard InChI is InChI=1S/C15H18FNS/c1-3-14(12-7-4-5-8-13(12)16)17-11(2)15-9-6-10-18-15/h4-11,14,17H,3H2,1-2H3/t11-,14?/m1/s1. The second-order valence-corrected chi connectivity index (χ2v) is 5.37. The molecule has 96 valence electrons. The van der Waals surface area contributed by atoms with Crippen molar-refractivity contribution < 1.29 is 4.39 Å². The van der Waals surface area contributed by atoms with E-state index < -0.39 is 0 Å². The van der Waals surface area contributed by atoms with Crippen molar-refractivity contribution in [3.63, 3.8) is 0 Å². The second-order valence-electron chi connectivity index (χ2n) is 4.39. The van der Waals surface area contributed by atoms with Crippen LogP contribution in [-0.4, -0.2) is 0 Å². The Morgan fingerprint density at radius 2 is 2.00 bits per heavy atom. The third kappa shape index (κ3) is 2.98. The Balaban J connectivity index is 2.13. The molecular formula is C15H18FNS. The maximum Gasteiger partial charge on any atom is 0.127 e. The minimum absolute atomic E-state index is 0.0586. The largest absolute Gasteiger partial charge is 0.302 e. The van der Waals surface area contributed by atoms with Crippen molar-refractivity contribution in [2.24, 2.45) is 0 Å². The van der Waals surface area contributed by atoms with Gasteiger partial charge in [-0.05, 0) is 30.9 Å². The molecule has 0 bridgehead atoms. The molecule has 0 saturated heterocycles. The van der Waals surface area contributed by atoms with E-state index in [9.17, 15) is 4.39 Å². The van der Waals surface area contributed by atoms with E-state index >= 15 is 0 Å². The van der Waals surface area contributed by atoms with Crippen molar-refractivity contribution >= 4 is 11.3 Å². The van der Waals surface area contributed by atoms with Crippen LogP contribution in [0.2, 0.25) is 0 Å². The Kier molecular flexibility index (Phi) is 4.50. The van der Waals surface area contributed by atoms with Crippen molar-refractivity contribution in [1.82, 2.24) is 5.32 Å². The summed E-state index contributed by atoms with van der Waals surface area (Å²) in [7, 11) is 0. The van der Waals surface area contributed by atoms with E-state index in [1.807, 2.05) is 18.2 Å². The fourth-order valence-electron chi connectivity index (χ4n) is 2.11. The first-order valence-corrected chi connectivity index (χ1v) is 7.14. The molecule has 0 radical (unpaired) electrons. The zero-order chi connectivity index (χ0) is 13.0. The fraction of sp³-hybridized carbons (Fsp3) is 0.333. The van der Waals surface area contributed by atoms with Crippen molar-refractivity contribution in [1.29, 1.82) is 0 Å². The molecule has 0 fully saturated rings. The van der Waals surface area contributed by atoms with E-state index in [4.69, 9.17) is 0 Å². The van der Waals surface area contributed by atoms with Crippen molar-refractivity contribution in [2.45, 2.75) is 32.4 Å². The van der Waals surface area contributed by atoms with Gasteiger partial charge in [0.05, 0.1) is 0 Å². The molecule has 1 N–H and O–H groups in total. The number of nitrogens with one attached hydrogen (secondary N) is 1. The topological polar surface area (TPSA) is 12.0 Å². The maximum atomic E-state index is 13.8. The van der Waals surface area contributed by atoms with Crippen molar-refractivity contribution in [2.75, 3.05) is 0 Å². The summed E-state index contributed by atoms with van der Waals surface area (Å²) in [6.45, 7) is 4.20. The van der Waals surface area contributed by atoms with Gasteiger partial charge in [0.15, 0.2) is 0 Å². The lowest BCUT2D eigenvalue weighted by Crippen LogP contribution is -2.24. The van der Waals surface area contributed by atoms with E-state index in [0.717, 1.165) is 12.0 Å². The van der Waals surface area contributed by atoms with Crippen LogP contribution in [0.4, 0.5) is 4.39 Å². The Labute approximate surface area is 112 Å². The van der Waals surface area contributed by atoms with Gasteiger partial charge in [0.25, 0.3) is 0 Å². The number of benzene rings is 1. The number of rotatable bonds is 5. The van der Waals surface area contributed by atoms with Gasteiger partial charge in [-0.1, -0.05) is 31.2 Å². The first-order valence-electron chi connectivity index (χ1n) is 6.26. The molecule has 0 saturated carbocycles. The molecule has 1 aromatic heterocycles. The molecule has 1 heterocycles. The number of hydrogen-bond acceptors (Lipinski definition) is 2. The summed E-state index contributed by atoms with van der Waals surface area (Å²) in [6, 6.07) is 11.5. The van der Waals surface area contributed by atoms with Crippen LogP contribution >= 0.6 is 11.3 Å². The lowest BCUT2D eigenvalue weighted by Gasteiger charge is -2.22. The van der Waals surface area contributed by atoms with Gasteiger partial charge in [0, 0.05) is 22.5 Å². The summed E-state index contributed by atoms with van der Waals surface area (Å²) in [5.41, 5.74) is 0.753. The molecule has 2 aromatic rings. The smallest absolute Gasteiger partial charge is 0.127 e.